The van der Waals surface area contributed by atoms with Crippen LogP contribution in [0, 0.1) is 0 Å². The zero-order valence-corrected chi connectivity index (χ0v) is 12.5. The minimum atomic E-state index is -3.62. The summed E-state index contributed by atoms with van der Waals surface area (Å²) in [5.74, 6) is 0. The third-order valence-electron chi connectivity index (χ3n) is 3.23. The Balaban J connectivity index is 2.62. The van der Waals surface area contributed by atoms with Gasteiger partial charge in [0, 0.05) is 18.0 Å². The Bertz CT molecular complexity index is 690. The van der Waals surface area contributed by atoms with Gasteiger partial charge in [-0.25, -0.2) is 8.42 Å². The number of hydrogen-bond acceptors (Lipinski definition) is 3. The summed E-state index contributed by atoms with van der Waals surface area (Å²) in [5, 5.41) is 10.7. The fourth-order valence-electron chi connectivity index (χ4n) is 2.30. The van der Waals surface area contributed by atoms with E-state index in [1.807, 2.05) is 24.3 Å². The molecule has 0 saturated heterocycles. The normalized spacial score (nSPS) is 12.4. The maximum atomic E-state index is 12.8. The van der Waals surface area contributed by atoms with Crippen LogP contribution >= 0.6 is 0 Å². The Labute approximate surface area is 119 Å². The Morgan fingerprint density at radius 2 is 1.75 bits per heavy atom. The number of sulfonamides is 1. The highest BCUT2D eigenvalue weighted by molar-refractivity contribution is 7.89. The van der Waals surface area contributed by atoms with Crippen LogP contribution in [-0.2, 0) is 10.0 Å². The minimum absolute atomic E-state index is 0.100. The van der Waals surface area contributed by atoms with Crippen molar-refractivity contribution >= 4 is 20.8 Å². The predicted molar refractivity (Wildman–Crippen MR) is 80.1 cm³/mol. The number of rotatable bonds is 5. The van der Waals surface area contributed by atoms with Gasteiger partial charge in [-0.3, -0.25) is 0 Å². The molecule has 2 aromatic rings. The van der Waals surface area contributed by atoms with Gasteiger partial charge in [0.25, 0.3) is 0 Å². The summed E-state index contributed by atoms with van der Waals surface area (Å²) >= 11 is 0. The molecule has 0 spiro atoms. The van der Waals surface area contributed by atoms with Crippen LogP contribution in [0.3, 0.4) is 0 Å². The minimum Gasteiger partial charge on any atom is -0.395 e. The first kappa shape index (κ1) is 15.0. The summed E-state index contributed by atoms with van der Waals surface area (Å²) in [6.07, 6.45) is 0. The molecule has 0 aliphatic carbocycles. The average Bonchev–Trinajstić information content (AvgIpc) is 2.43. The molecule has 20 heavy (non-hydrogen) atoms. The number of aliphatic hydroxyl groups is 1. The van der Waals surface area contributed by atoms with Crippen LogP contribution in [-0.4, -0.2) is 37.0 Å². The SMILES string of the molecule is CC(C)N(CCO)S(=O)(=O)c1cccc2ccccc12. The fourth-order valence-corrected chi connectivity index (χ4v) is 4.15. The molecule has 0 unspecified atom stereocenters. The van der Waals surface area contributed by atoms with Gasteiger partial charge in [0.1, 0.15) is 0 Å². The number of nitrogens with zero attached hydrogens (tertiary/aromatic N) is 1. The summed E-state index contributed by atoms with van der Waals surface area (Å²) in [5.41, 5.74) is 0. The topological polar surface area (TPSA) is 57.6 Å². The average molecular weight is 293 g/mol. The van der Waals surface area contributed by atoms with E-state index < -0.39 is 10.0 Å². The van der Waals surface area contributed by atoms with Gasteiger partial charge in [-0.1, -0.05) is 36.4 Å². The van der Waals surface area contributed by atoms with Crippen molar-refractivity contribution in [3.63, 3.8) is 0 Å². The highest BCUT2D eigenvalue weighted by atomic mass is 32.2. The molecule has 0 amide bonds. The molecule has 0 atom stereocenters. The standard InChI is InChI=1S/C15H19NO3S/c1-12(2)16(10-11-17)20(18,19)15-9-5-7-13-6-3-4-8-14(13)15/h3-9,12,17H,10-11H2,1-2H3. The molecule has 0 bridgehead atoms. The summed E-state index contributed by atoms with van der Waals surface area (Å²) in [6, 6.07) is 12.4. The number of hydrogen-bond donors (Lipinski definition) is 1. The largest absolute Gasteiger partial charge is 0.395 e. The van der Waals surface area contributed by atoms with E-state index in [2.05, 4.69) is 0 Å². The van der Waals surface area contributed by atoms with Crippen molar-refractivity contribution in [3.05, 3.63) is 42.5 Å². The van der Waals surface area contributed by atoms with Gasteiger partial charge in [0.15, 0.2) is 0 Å². The first-order chi connectivity index (χ1) is 9.48. The van der Waals surface area contributed by atoms with Crippen LogP contribution in [0.4, 0.5) is 0 Å². The Morgan fingerprint density at radius 1 is 1.10 bits per heavy atom. The van der Waals surface area contributed by atoms with Gasteiger partial charge in [-0.05, 0) is 25.3 Å². The lowest BCUT2D eigenvalue weighted by molar-refractivity contribution is 0.236. The van der Waals surface area contributed by atoms with Gasteiger partial charge in [-0.2, -0.15) is 4.31 Å². The second-order valence-electron chi connectivity index (χ2n) is 4.91. The molecule has 0 aliphatic rings. The van der Waals surface area contributed by atoms with Crippen LogP contribution in [0.5, 0.6) is 0 Å². The number of fused-ring (bicyclic) bond motifs is 1. The number of benzene rings is 2. The first-order valence-electron chi connectivity index (χ1n) is 6.59. The van der Waals surface area contributed by atoms with Gasteiger partial charge in [-0.15, -0.1) is 0 Å². The maximum absolute atomic E-state index is 12.8. The van der Waals surface area contributed by atoms with E-state index in [0.29, 0.717) is 5.39 Å². The molecule has 108 valence electrons. The summed E-state index contributed by atoms with van der Waals surface area (Å²) in [7, 11) is -3.62. The smallest absolute Gasteiger partial charge is 0.243 e. The van der Waals surface area contributed by atoms with Crippen LogP contribution in [0.15, 0.2) is 47.4 Å². The molecule has 0 aliphatic heterocycles. The Hall–Kier alpha value is -1.43. The lowest BCUT2D eigenvalue weighted by atomic mass is 10.1. The molecule has 0 radical (unpaired) electrons. The van der Waals surface area contributed by atoms with E-state index in [-0.39, 0.29) is 24.1 Å². The second kappa shape index (κ2) is 5.91. The third kappa shape index (κ3) is 2.70. The molecule has 5 heteroatoms. The quantitative estimate of drug-likeness (QED) is 0.919. The molecule has 4 nitrogen and oxygen atoms in total. The van der Waals surface area contributed by atoms with Crippen molar-refractivity contribution in [2.24, 2.45) is 0 Å². The van der Waals surface area contributed by atoms with E-state index in [1.54, 1.807) is 32.0 Å². The highest BCUT2D eigenvalue weighted by Gasteiger charge is 2.27. The van der Waals surface area contributed by atoms with Crippen LogP contribution in [0.2, 0.25) is 0 Å². The van der Waals surface area contributed by atoms with E-state index in [0.717, 1.165) is 5.39 Å². The summed E-state index contributed by atoms with van der Waals surface area (Å²) < 4.78 is 26.9. The van der Waals surface area contributed by atoms with Gasteiger partial charge in [0.2, 0.25) is 10.0 Å². The zero-order valence-electron chi connectivity index (χ0n) is 11.7. The van der Waals surface area contributed by atoms with Crippen molar-refractivity contribution < 1.29 is 13.5 Å². The van der Waals surface area contributed by atoms with E-state index in [1.165, 1.54) is 4.31 Å². The van der Waals surface area contributed by atoms with E-state index in [4.69, 9.17) is 5.11 Å². The van der Waals surface area contributed by atoms with Gasteiger partial charge >= 0.3 is 0 Å². The monoisotopic (exact) mass is 293 g/mol. The second-order valence-corrected chi connectivity index (χ2v) is 6.77. The lowest BCUT2D eigenvalue weighted by Gasteiger charge is -2.25. The molecule has 2 aromatic carbocycles. The van der Waals surface area contributed by atoms with Crippen molar-refractivity contribution in [1.82, 2.24) is 4.31 Å². The molecule has 0 fully saturated rings. The molecular weight excluding hydrogens is 274 g/mol. The van der Waals surface area contributed by atoms with Crippen molar-refractivity contribution in [2.75, 3.05) is 13.2 Å². The molecule has 1 N–H and O–H groups in total. The molecule has 0 heterocycles. The summed E-state index contributed by atoms with van der Waals surface area (Å²) in [6.45, 7) is 3.52. The van der Waals surface area contributed by atoms with Crippen molar-refractivity contribution in [3.8, 4) is 0 Å². The van der Waals surface area contributed by atoms with Crippen molar-refractivity contribution in [1.29, 1.82) is 0 Å². The Kier molecular flexibility index (Phi) is 4.42. The van der Waals surface area contributed by atoms with E-state index >= 15 is 0 Å². The lowest BCUT2D eigenvalue weighted by Crippen LogP contribution is -2.39. The molecule has 2 rings (SSSR count). The Morgan fingerprint density at radius 3 is 2.40 bits per heavy atom. The maximum Gasteiger partial charge on any atom is 0.243 e. The van der Waals surface area contributed by atoms with E-state index in [9.17, 15) is 8.42 Å². The zero-order chi connectivity index (χ0) is 14.8. The van der Waals surface area contributed by atoms with Crippen LogP contribution in [0.25, 0.3) is 10.8 Å². The molecule has 0 saturated carbocycles. The fraction of sp³-hybridized carbons (Fsp3) is 0.333. The first-order valence-corrected chi connectivity index (χ1v) is 8.03. The van der Waals surface area contributed by atoms with Gasteiger partial charge < -0.3 is 5.11 Å². The third-order valence-corrected chi connectivity index (χ3v) is 5.37. The highest BCUT2D eigenvalue weighted by Crippen LogP contribution is 2.26. The molecular formula is C15H19NO3S. The molecule has 0 aromatic heterocycles. The summed E-state index contributed by atoms with van der Waals surface area (Å²) in [4.78, 5) is 0.290. The van der Waals surface area contributed by atoms with Crippen LogP contribution in [0.1, 0.15) is 13.8 Å². The van der Waals surface area contributed by atoms with Crippen LogP contribution < -0.4 is 0 Å². The van der Waals surface area contributed by atoms with Gasteiger partial charge in [0.05, 0.1) is 11.5 Å². The number of aliphatic hydroxyl groups excluding tert-OH is 1. The van der Waals surface area contributed by atoms with Crippen molar-refractivity contribution in [2.45, 2.75) is 24.8 Å². The predicted octanol–water partition coefficient (Wildman–Crippen LogP) is 2.23.